The van der Waals surface area contributed by atoms with Crippen molar-refractivity contribution in [1.82, 2.24) is 19.9 Å². The largest absolute Gasteiger partial charge is 0.486 e. The summed E-state index contributed by atoms with van der Waals surface area (Å²) in [4.78, 5) is 20.7. The quantitative estimate of drug-likeness (QED) is 0.688. The standard InChI is InChI=1S/C17H17ClN4O2S/c1-22-9-8-19-15(22)6-7-20-17(23)14-11-25-16(21-14)10-24-13-4-2-12(18)3-5-13/h2-5,8-9,11H,6-7,10H2,1H3,(H,20,23). The van der Waals surface area contributed by atoms with Crippen LogP contribution in [0.15, 0.2) is 42.0 Å². The molecule has 1 N–H and O–H groups in total. The molecule has 1 aromatic carbocycles. The third-order valence-corrected chi connectivity index (χ3v) is 4.59. The molecule has 2 heterocycles. The van der Waals surface area contributed by atoms with E-state index in [1.165, 1.54) is 11.3 Å². The maximum absolute atomic E-state index is 12.1. The van der Waals surface area contributed by atoms with E-state index in [0.29, 0.717) is 36.0 Å². The second-order valence-corrected chi connectivity index (χ2v) is 6.71. The summed E-state index contributed by atoms with van der Waals surface area (Å²) >= 11 is 7.23. The minimum absolute atomic E-state index is 0.191. The first-order valence-corrected chi connectivity index (χ1v) is 8.95. The molecule has 0 atom stereocenters. The normalized spacial score (nSPS) is 10.6. The minimum atomic E-state index is -0.191. The Morgan fingerprint density at radius 3 is 2.88 bits per heavy atom. The van der Waals surface area contributed by atoms with Crippen LogP contribution in [0, 0.1) is 0 Å². The van der Waals surface area contributed by atoms with Gasteiger partial charge in [-0.25, -0.2) is 9.97 Å². The second kappa shape index (κ2) is 8.13. The molecule has 0 radical (unpaired) electrons. The SMILES string of the molecule is Cn1ccnc1CCNC(=O)c1csc(COc2ccc(Cl)cc2)n1. The Hall–Kier alpha value is -2.38. The van der Waals surface area contributed by atoms with Crippen LogP contribution in [0.1, 0.15) is 21.3 Å². The molecule has 0 unspecified atom stereocenters. The van der Waals surface area contributed by atoms with E-state index in [4.69, 9.17) is 16.3 Å². The van der Waals surface area contributed by atoms with Gasteiger partial charge < -0.3 is 14.6 Å². The van der Waals surface area contributed by atoms with Gasteiger partial charge in [-0.3, -0.25) is 4.79 Å². The number of imidazole rings is 1. The predicted octanol–water partition coefficient (Wildman–Crippen LogP) is 3.08. The summed E-state index contributed by atoms with van der Waals surface area (Å²) < 4.78 is 7.56. The number of nitrogens with zero attached hydrogens (tertiary/aromatic N) is 3. The lowest BCUT2D eigenvalue weighted by Gasteiger charge is -2.04. The van der Waals surface area contributed by atoms with Crippen LogP contribution in [0.3, 0.4) is 0 Å². The van der Waals surface area contributed by atoms with E-state index in [-0.39, 0.29) is 5.91 Å². The third-order valence-electron chi connectivity index (χ3n) is 3.52. The summed E-state index contributed by atoms with van der Waals surface area (Å²) in [5.74, 6) is 1.44. The molecule has 25 heavy (non-hydrogen) atoms. The smallest absolute Gasteiger partial charge is 0.270 e. The molecule has 2 aromatic heterocycles. The van der Waals surface area contributed by atoms with Gasteiger partial charge in [0.15, 0.2) is 0 Å². The average Bonchev–Trinajstić information content (AvgIpc) is 3.24. The molecule has 0 fully saturated rings. The summed E-state index contributed by atoms with van der Waals surface area (Å²) in [6.45, 7) is 0.824. The molecule has 0 saturated carbocycles. The van der Waals surface area contributed by atoms with Gasteiger partial charge in [-0.05, 0) is 24.3 Å². The van der Waals surface area contributed by atoms with Crippen LogP contribution >= 0.6 is 22.9 Å². The van der Waals surface area contributed by atoms with Gasteiger partial charge in [0.2, 0.25) is 0 Å². The highest BCUT2D eigenvalue weighted by molar-refractivity contribution is 7.09. The van der Waals surface area contributed by atoms with Crippen molar-refractivity contribution < 1.29 is 9.53 Å². The van der Waals surface area contributed by atoms with E-state index in [0.717, 1.165) is 10.8 Å². The van der Waals surface area contributed by atoms with Crippen LogP contribution in [-0.2, 0) is 20.1 Å². The fraction of sp³-hybridized carbons (Fsp3) is 0.235. The molecular weight excluding hydrogens is 360 g/mol. The van der Waals surface area contributed by atoms with E-state index in [1.807, 2.05) is 17.8 Å². The number of carbonyl (C=O) groups is 1. The first-order valence-electron chi connectivity index (χ1n) is 7.69. The molecular formula is C17H17ClN4O2S. The third kappa shape index (κ3) is 4.80. The van der Waals surface area contributed by atoms with Crippen molar-refractivity contribution in [1.29, 1.82) is 0 Å². The number of aromatic nitrogens is 3. The molecule has 0 spiro atoms. The lowest BCUT2D eigenvalue weighted by Crippen LogP contribution is -2.26. The van der Waals surface area contributed by atoms with Gasteiger partial charge in [0.1, 0.15) is 28.9 Å². The average molecular weight is 377 g/mol. The Morgan fingerprint density at radius 1 is 1.36 bits per heavy atom. The van der Waals surface area contributed by atoms with E-state index < -0.39 is 0 Å². The minimum Gasteiger partial charge on any atom is -0.486 e. The fourth-order valence-corrected chi connectivity index (χ4v) is 2.98. The molecule has 1 amide bonds. The molecule has 6 nitrogen and oxygen atoms in total. The zero-order valence-electron chi connectivity index (χ0n) is 13.6. The van der Waals surface area contributed by atoms with E-state index in [2.05, 4.69) is 15.3 Å². The number of carbonyl (C=O) groups excluding carboxylic acids is 1. The van der Waals surface area contributed by atoms with Crippen LogP contribution in [0.5, 0.6) is 5.75 Å². The molecule has 3 rings (SSSR count). The van der Waals surface area contributed by atoms with E-state index >= 15 is 0 Å². The van der Waals surface area contributed by atoms with Crippen LogP contribution in [-0.4, -0.2) is 27.0 Å². The van der Waals surface area contributed by atoms with Gasteiger partial charge in [0, 0.05) is 42.8 Å². The van der Waals surface area contributed by atoms with Crippen molar-refractivity contribution in [3.05, 3.63) is 63.6 Å². The number of benzene rings is 1. The second-order valence-electron chi connectivity index (χ2n) is 5.33. The van der Waals surface area contributed by atoms with E-state index in [1.54, 1.807) is 35.8 Å². The van der Waals surface area contributed by atoms with Gasteiger partial charge in [0.25, 0.3) is 5.91 Å². The fourth-order valence-electron chi connectivity index (χ4n) is 2.17. The summed E-state index contributed by atoms with van der Waals surface area (Å²) in [6, 6.07) is 7.11. The summed E-state index contributed by atoms with van der Waals surface area (Å²) in [5.41, 5.74) is 0.402. The van der Waals surface area contributed by atoms with Gasteiger partial charge in [-0.2, -0.15) is 0 Å². The Labute approximate surface area is 154 Å². The van der Waals surface area contributed by atoms with Crippen LogP contribution in [0.4, 0.5) is 0 Å². The van der Waals surface area contributed by atoms with Gasteiger partial charge in [-0.1, -0.05) is 11.6 Å². The Balaban J connectivity index is 1.47. The zero-order chi connectivity index (χ0) is 17.6. The Bertz CT molecular complexity index is 844. The van der Waals surface area contributed by atoms with Gasteiger partial charge >= 0.3 is 0 Å². The number of hydrogen-bond donors (Lipinski definition) is 1. The maximum atomic E-state index is 12.1. The summed E-state index contributed by atoms with van der Waals surface area (Å²) in [5, 5.41) is 5.99. The van der Waals surface area contributed by atoms with Crippen molar-refractivity contribution in [2.24, 2.45) is 7.05 Å². The molecule has 130 valence electrons. The van der Waals surface area contributed by atoms with Gasteiger partial charge in [-0.15, -0.1) is 11.3 Å². The summed E-state index contributed by atoms with van der Waals surface area (Å²) in [6.07, 6.45) is 4.29. The molecule has 0 aliphatic heterocycles. The Kier molecular flexibility index (Phi) is 5.67. The number of amides is 1. The van der Waals surface area contributed by atoms with E-state index in [9.17, 15) is 4.79 Å². The molecule has 0 aliphatic carbocycles. The Morgan fingerprint density at radius 2 is 2.16 bits per heavy atom. The van der Waals surface area contributed by atoms with Crippen molar-refractivity contribution in [3.8, 4) is 5.75 Å². The molecule has 3 aromatic rings. The van der Waals surface area contributed by atoms with Gasteiger partial charge in [0.05, 0.1) is 0 Å². The predicted molar refractivity (Wildman–Crippen MR) is 97.1 cm³/mol. The van der Waals surface area contributed by atoms with Crippen LogP contribution < -0.4 is 10.1 Å². The van der Waals surface area contributed by atoms with Crippen LogP contribution in [0.2, 0.25) is 5.02 Å². The number of nitrogens with one attached hydrogen (secondary N) is 1. The highest BCUT2D eigenvalue weighted by Gasteiger charge is 2.11. The van der Waals surface area contributed by atoms with Crippen molar-refractivity contribution in [3.63, 3.8) is 0 Å². The number of aryl methyl sites for hydroxylation is 1. The monoisotopic (exact) mass is 376 g/mol. The topological polar surface area (TPSA) is 69.0 Å². The first kappa shape index (κ1) is 17.4. The van der Waals surface area contributed by atoms with Crippen molar-refractivity contribution in [2.45, 2.75) is 13.0 Å². The first-order chi connectivity index (χ1) is 12.1. The lowest BCUT2D eigenvalue weighted by atomic mass is 10.3. The zero-order valence-corrected chi connectivity index (χ0v) is 15.2. The molecule has 8 heteroatoms. The van der Waals surface area contributed by atoms with Crippen molar-refractivity contribution >= 4 is 28.8 Å². The number of hydrogen-bond acceptors (Lipinski definition) is 5. The number of thiazole rings is 1. The lowest BCUT2D eigenvalue weighted by molar-refractivity contribution is 0.0949. The summed E-state index contributed by atoms with van der Waals surface area (Å²) in [7, 11) is 1.93. The van der Waals surface area contributed by atoms with Crippen molar-refractivity contribution in [2.75, 3.05) is 6.54 Å². The number of ether oxygens (including phenoxy) is 1. The van der Waals surface area contributed by atoms with Crippen LogP contribution in [0.25, 0.3) is 0 Å². The highest BCUT2D eigenvalue weighted by Crippen LogP contribution is 2.18. The number of halogens is 1. The maximum Gasteiger partial charge on any atom is 0.270 e. The molecule has 0 aliphatic rings. The highest BCUT2D eigenvalue weighted by atomic mass is 35.5. The molecule has 0 bridgehead atoms. The molecule has 0 saturated heterocycles. The number of rotatable bonds is 7.